The fraction of sp³-hybridized carbons (Fsp3) is 0.455. The molecule has 1 aromatic rings. The first-order chi connectivity index (χ1) is 7.54. The maximum Gasteiger partial charge on any atom is 0.138 e. The lowest BCUT2D eigenvalue weighted by atomic mass is 10.1. The molecule has 0 aliphatic heterocycles. The topological polar surface area (TPSA) is 69.9 Å². The summed E-state index contributed by atoms with van der Waals surface area (Å²) in [6, 6.07) is 4.92. The second-order valence-corrected chi connectivity index (χ2v) is 3.92. The minimum atomic E-state index is -0.924. The summed E-state index contributed by atoms with van der Waals surface area (Å²) in [6.45, 7) is 1.26. The summed E-state index contributed by atoms with van der Waals surface area (Å²) < 4.78 is 5.20. The molecule has 90 valence electrons. The van der Waals surface area contributed by atoms with E-state index >= 15 is 0 Å². The third-order valence-corrected chi connectivity index (χ3v) is 2.38. The zero-order valence-corrected chi connectivity index (χ0v) is 9.68. The zero-order chi connectivity index (χ0) is 12.1. The first-order valence-electron chi connectivity index (χ1n) is 4.93. The van der Waals surface area contributed by atoms with Gasteiger partial charge in [0, 0.05) is 0 Å². The molecular formula is C11H15ClO4. The Balaban J connectivity index is 2.68. The first kappa shape index (κ1) is 13.3. The lowest BCUT2D eigenvalue weighted by Gasteiger charge is -2.12. The van der Waals surface area contributed by atoms with Gasteiger partial charge in [-0.15, -0.1) is 0 Å². The maximum atomic E-state index is 9.32. The van der Waals surface area contributed by atoms with Crippen LogP contribution in [0.3, 0.4) is 0 Å². The fourth-order valence-electron chi connectivity index (χ4n) is 1.13. The number of aliphatic hydroxyl groups is 3. The van der Waals surface area contributed by atoms with Crippen molar-refractivity contribution in [1.82, 2.24) is 0 Å². The highest BCUT2D eigenvalue weighted by atomic mass is 35.5. The molecule has 0 saturated heterocycles. The van der Waals surface area contributed by atoms with E-state index in [0.717, 1.165) is 0 Å². The van der Waals surface area contributed by atoms with E-state index in [1.165, 1.54) is 0 Å². The number of halogens is 1. The summed E-state index contributed by atoms with van der Waals surface area (Å²) in [5, 5.41) is 27.4. The fourth-order valence-corrected chi connectivity index (χ4v) is 1.38. The quantitative estimate of drug-likeness (QED) is 0.728. The van der Waals surface area contributed by atoms with E-state index in [2.05, 4.69) is 0 Å². The van der Waals surface area contributed by atoms with Crippen LogP contribution in [0.25, 0.3) is 0 Å². The van der Waals surface area contributed by atoms with Gasteiger partial charge in [-0.05, 0) is 24.6 Å². The van der Waals surface area contributed by atoms with Crippen LogP contribution in [0.1, 0.15) is 18.6 Å². The second-order valence-electron chi connectivity index (χ2n) is 3.51. The van der Waals surface area contributed by atoms with Crippen molar-refractivity contribution in [2.75, 3.05) is 13.2 Å². The van der Waals surface area contributed by atoms with Gasteiger partial charge in [-0.25, -0.2) is 0 Å². The minimum absolute atomic E-state index is 0.0236. The Kier molecular flexibility index (Phi) is 5.02. The van der Waals surface area contributed by atoms with Gasteiger partial charge in [0.2, 0.25) is 0 Å². The summed E-state index contributed by atoms with van der Waals surface area (Å²) in [5.74, 6) is 0.415. The third kappa shape index (κ3) is 3.64. The van der Waals surface area contributed by atoms with Crippen molar-refractivity contribution in [3.05, 3.63) is 28.8 Å². The number of benzene rings is 1. The van der Waals surface area contributed by atoms with E-state index in [1.54, 1.807) is 25.1 Å². The van der Waals surface area contributed by atoms with Crippen molar-refractivity contribution in [2.24, 2.45) is 0 Å². The van der Waals surface area contributed by atoms with Crippen LogP contribution in [-0.4, -0.2) is 34.6 Å². The smallest absolute Gasteiger partial charge is 0.138 e. The molecule has 1 unspecified atom stereocenters. The molecule has 5 heteroatoms. The van der Waals surface area contributed by atoms with E-state index in [1.807, 2.05) is 0 Å². The van der Waals surface area contributed by atoms with Crippen LogP contribution in [0.4, 0.5) is 0 Å². The van der Waals surface area contributed by atoms with Gasteiger partial charge in [-0.1, -0.05) is 17.7 Å². The van der Waals surface area contributed by atoms with Gasteiger partial charge in [0.1, 0.15) is 18.5 Å². The average molecular weight is 247 g/mol. The summed E-state index contributed by atoms with van der Waals surface area (Å²) in [7, 11) is 0. The Bertz CT molecular complexity index is 341. The molecule has 0 radical (unpaired) electrons. The van der Waals surface area contributed by atoms with Gasteiger partial charge >= 0.3 is 0 Å². The van der Waals surface area contributed by atoms with E-state index < -0.39 is 12.2 Å². The predicted molar refractivity (Wildman–Crippen MR) is 60.7 cm³/mol. The van der Waals surface area contributed by atoms with Gasteiger partial charge in [0.25, 0.3) is 0 Å². The van der Waals surface area contributed by atoms with E-state index in [4.69, 9.17) is 26.6 Å². The summed E-state index contributed by atoms with van der Waals surface area (Å²) in [6.07, 6.45) is -1.51. The number of ether oxygens (including phenoxy) is 1. The van der Waals surface area contributed by atoms with Crippen LogP contribution >= 0.6 is 11.6 Å². The number of aliphatic hydroxyl groups excluding tert-OH is 3. The molecule has 0 heterocycles. The van der Waals surface area contributed by atoms with Gasteiger partial charge in [-0.2, -0.15) is 0 Å². The Morgan fingerprint density at radius 1 is 1.38 bits per heavy atom. The average Bonchev–Trinajstić information content (AvgIpc) is 2.26. The molecule has 0 aliphatic rings. The van der Waals surface area contributed by atoms with Crippen molar-refractivity contribution in [3.8, 4) is 5.75 Å². The van der Waals surface area contributed by atoms with Gasteiger partial charge in [-0.3, -0.25) is 0 Å². The highest BCUT2D eigenvalue weighted by Gasteiger charge is 2.08. The molecule has 0 bridgehead atoms. The van der Waals surface area contributed by atoms with E-state index in [9.17, 15) is 5.11 Å². The lowest BCUT2D eigenvalue weighted by molar-refractivity contribution is 0.0536. The van der Waals surface area contributed by atoms with E-state index in [-0.39, 0.29) is 13.2 Å². The SMILES string of the molecule is C[C@H](O)c1ccc(OCC(O)CO)c(Cl)c1. The molecule has 0 fully saturated rings. The van der Waals surface area contributed by atoms with Gasteiger partial charge < -0.3 is 20.1 Å². The Morgan fingerprint density at radius 2 is 2.06 bits per heavy atom. The van der Waals surface area contributed by atoms with Crippen molar-refractivity contribution < 1.29 is 20.1 Å². The molecule has 0 aliphatic carbocycles. The van der Waals surface area contributed by atoms with Crippen molar-refractivity contribution in [3.63, 3.8) is 0 Å². The van der Waals surface area contributed by atoms with Crippen LogP contribution < -0.4 is 4.74 Å². The molecule has 4 nitrogen and oxygen atoms in total. The normalized spacial score (nSPS) is 14.6. The summed E-state index contributed by atoms with van der Waals surface area (Å²) >= 11 is 5.92. The molecule has 2 atom stereocenters. The standard InChI is InChI=1S/C11H15ClO4/c1-7(14)8-2-3-11(10(12)4-8)16-6-9(15)5-13/h2-4,7,9,13-15H,5-6H2,1H3/t7-,9?/m0/s1. The zero-order valence-electron chi connectivity index (χ0n) is 8.93. The molecular weight excluding hydrogens is 232 g/mol. The molecule has 0 spiro atoms. The summed E-state index contributed by atoms with van der Waals surface area (Å²) in [4.78, 5) is 0. The van der Waals surface area contributed by atoms with Crippen molar-refractivity contribution >= 4 is 11.6 Å². The largest absolute Gasteiger partial charge is 0.489 e. The molecule has 3 N–H and O–H groups in total. The van der Waals surface area contributed by atoms with Crippen LogP contribution in [-0.2, 0) is 0 Å². The maximum absolute atomic E-state index is 9.32. The Labute approximate surface area is 99.1 Å². The molecule has 16 heavy (non-hydrogen) atoms. The minimum Gasteiger partial charge on any atom is -0.489 e. The first-order valence-corrected chi connectivity index (χ1v) is 5.31. The Morgan fingerprint density at radius 3 is 2.56 bits per heavy atom. The molecule has 0 saturated carbocycles. The lowest BCUT2D eigenvalue weighted by Crippen LogP contribution is -2.21. The Hall–Kier alpha value is -0.810. The molecule has 0 amide bonds. The van der Waals surface area contributed by atoms with Crippen LogP contribution in [0.2, 0.25) is 5.02 Å². The highest BCUT2D eigenvalue weighted by molar-refractivity contribution is 6.32. The molecule has 0 aromatic heterocycles. The van der Waals surface area contributed by atoms with Crippen LogP contribution in [0.5, 0.6) is 5.75 Å². The third-order valence-electron chi connectivity index (χ3n) is 2.08. The van der Waals surface area contributed by atoms with Crippen LogP contribution in [0.15, 0.2) is 18.2 Å². The second kappa shape index (κ2) is 6.06. The summed E-state index contributed by atoms with van der Waals surface area (Å²) in [5.41, 5.74) is 0.694. The molecule has 1 aromatic carbocycles. The van der Waals surface area contributed by atoms with Crippen molar-refractivity contribution in [2.45, 2.75) is 19.1 Å². The highest BCUT2D eigenvalue weighted by Crippen LogP contribution is 2.27. The monoisotopic (exact) mass is 246 g/mol. The van der Waals surface area contributed by atoms with Crippen molar-refractivity contribution in [1.29, 1.82) is 0 Å². The van der Waals surface area contributed by atoms with Gasteiger partial charge in [0.15, 0.2) is 0 Å². The van der Waals surface area contributed by atoms with Crippen LogP contribution in [0, 0.1) is 0 Å². The molecule has 1 rings (SSSR count). The predicted octanol–water partition coefficient (Wildman–Crippen LogP) is 1.13. The number of rotatable bonds is 5. The number of hydrogen-bond donors (Lipinski definition) is 3. The van der Waals surface area contributed by atoms with E-state index in [0.29, 0.717) is 16.3 Å². The number of hydrogen-bond acceptors (Lipinski definition) is 4. The van der Waals surface area contributed by atoms with Gasteiger partial charge in [0.05, 0.1) is 17.7 Å².